The van der Waals surface area contributed by atoms with Crippen molar-refractivity contribution in [3.8, 4) is 11.5 Å². The van der Waals surface area contributed by atoms with Crippen LogP contribution in [0.1, 0.15) is 10.9 Å². The summed E-state index contributed by atoms with van der Waals surface area (Å²) in [6.45, 7) is 1.22. The highest BCUT2D eigenvalue weighted by molar-refractivity contribution is 6.30. The number of aromatic nitrogens is 1. The van der Waals surface area contributed by atoms with Crippen molar-refractivity contribution in [1.29, 1.82) is 0 Å². The van der Waals surface area contributed by atoms with Crippen LogP contribution in [0.25, 0.3) is 0 Å². The maximum absolute atomic E-state index is 12.1. The summed E-state index contributed by atoms with van der Waals surface area (Å²) in [4.78, 5) is 12.1. The third kappa shape index (κ3) is 3.95. The van der Waals surface area contributed by atoms with E-state index in [9.17, 15) is 4.79 Å². The van der Waals surface area contributed by atoms with E-state index in [1.807, 2.05) is 29.1 Å². The molecule has 22 heavy (non-hydrogen) atoms. The molecule has 1 heterocycles. The van der Waals surface area contributed by atoms with E-state index >= 15 is 0 Å². The molecule has 0 aliphatic carbocycles. The van der Waals surface area contributed by atoms with E-state index in [1.165, 1.54) is 0 Å². The van der Waals surface area contributed by atoms with Gasteiger partial charge in [0.05, 0.1) is 14.2 Å². The molecule has 0 saturated heterocycles. The van der Waals surface area contributed by atoms with Crippen molar-refractivity contribution in [3.63, 3.8) is 0 Å². The van der Waals surface area contributed by atoms with Gasteiger partial charge in [-0.25, -0.2) is 0 Å². The molecule has 1 atom stereocenters. The van der Waals surface area contributed by atoms with E-state index in [1.54, 1.807) is 32.4 Å². The molecular weight excluding hydrogens is 304 g/mol. The van der Waals surface area contributed by atoms with Gasteiger partial charge in [0.15, 0.2) is 11.5 Å². The van der Waals surface area contributed by atoms with Gasteiger partial charge in [0.1, 0.15) is 5.38 Å². The van der Waals surface area contributed by atoms with Gasteiger partial charge < -0.3 is 19.4 Å². The molecule has 5 nitrogen and oxygen atoms in total. The predicted octanol–water partition coefficient (Wildman–Crippen LogP) is 2.60. The zero-order valence-electron chi connectivity index (χ0n) is 12.6. The Labute approximate surface area is 134 Å². The topological polar surface area (TPSA) is 52.5 Å². The lowest BCUT2D eigenvalue weighted by atomic mass is 10.1. The van der Waals surface area contributed by atoms with Crippen LogP contribution >= 0.6 is 11.6 Å². The van der Waals surface area contributed by atoms with Gasteiger partial charge >= 0.3 is 0 Å². The van der Waals surface area contributed by atoms with Crippen molar-refractivity contribution in [1.82, 2.24) is 9.88 Å². The molecular formula is C16H19ClN2O3. The summed E-state index contributed by atoms with van der Waals surface area (Å²) in [6, 6.07) is 9.08. The fourth-order valence-corrected chi connectivity index (χ4v) is 2.29. The number of hydrogen-bond acceptors (Lipinski definition) is 3. The number of halogens is 1. The summed E-state index contributed by atoms with van der Waals surface area (Å²) in [5.41, 5.74) is 0.665. The van der Waals surface area contributed by atoms with Crippen LogP contribution in [0.15, 0.2) is 42.7 Å². The van der Waals surface area contributed by atoms with Crippen molar-refractivity contribution < 1.29 is 14.3 Å². The Morgan fingerprint density at radius 1 is 1.23 bits per heavy atom. The van der Waals surface area contributed by atoms with Crippen molar-refractivity contribution in [2.75, 3.05) is 20.8 Å². The molecule has 2 aromatic rings. The second-order valence-electron chi connectivity index (χ2n) is 4.69. The van der Waals surface area contributed by atoms with Crippen LogP contribution in [0.3, 0.4) is 0 Å². The Morgan fingerprint density at radius 3 is 2.55 bits per heavy atom. The minimum Gasteiger partial charge on any atom is -0.493 e. The average molecular weight is 323 g/mol. The molecule has 0 saturated carbocycles. The standard InChI is InChI=1S/C16H19ClN2O3/c1-21-13-6-5-12(11-14(13)22-2)15(17)16(20)18-7-10-19-8-3-4-9-19/h3-6,8-9,11,15H,7,10H2,1-2H3,(H,18,20). The van der Waals surface area contributed by atoms with E-state index in [2.05, 4.69) is 5.32 Å². The number of methoxy groups -OCH3 is 2. The van der Waals surface area contributed by atoms with Crippen molar-refractivity contribution in [3.05, 3.63) is 48.3 Å². The highest BCUT2D eigenvalue weighted by Crippen LogP contribution is 2.32. The number of rotatable bonds is 7. The number of carbonyl (C=O) groups excluding carboxylic acids is 1. The summed E-state index contributed by atoms with van der Waals surface area (Å²) in [5.74, 6) is 0.912. The molecule has 1 aromatic heterocycles. The molecule has 0 aliphatic rings. The zero-order valence-corrected chi connectivity index (χ0v) is 13.3. The quantitative estimate of drug-likeness (QED) is 0.797. The fraction of sp³-hybridized carbons (Fsp3) is 0.312. The van der Waals surface area contributed by atoms with Crippen LogP contribution in [0.2, 0.25) is 0 Å². The number of nitrogens with one attached hydrogen (secondary N) is 1. The largest absolute Gasteiger partial charge is 0.493 e. The van der Waals surface area contributed by atoms with Gasteiger partial charge in [-0.05, 0) is 29.8 Å². The number of benzene rings is 1. The van der Waals surface area contributed by atoms with Gasteiger partial charge in [-0.1, -0.05) is 6.07 Å². The SMILES string of the molecule is COc1ccc(C(Cl)C(=O)NCCn2cccc2)cc1OC. The minimum atomic E-state index is -0.774. The lowest BCUT2D eigenvalue weighted by Gasteiger charge is -2.14. The normalized spacial score (nSPS) is 11.8. The maximum atomic E-state index is 12.1. The smallest absolute Gasteiger partial charge is 0.242 e. The third-order valence-corrected chi connectivity index (χ3v) is 3.72. The Hall–Kier alpha value is -2.14. The third-order valence-electron chi connectivity index (χ3n) is 3.27. The number of carbonyl (C=O) groups is 1. The van der Waals surface area contributed by atoms with E-state index in [0.717, 1.165) is 0 Å². The minimum absolute atomic E-state index is 0.235. The molecule has 1 unspecified atom stereocenters. The van der Waals surface area contributed by atoms with Crippen LogP contribution in [0.4, 0.5) is 0 Å². The van der Waals surface area contributed by atoms with Crippen LogP contribution in [-0.2, 0) is 11.3 Å². The first-order chi connectivity index (χ1) is 10.7. The molecule has 6 heteroatoms. The monoisotopic (exact) mass is 322 g/mol. The van der Waals surface area contributed by atoms with Crippen LogP contribution < -0.4 is 14.8 Å². The van der Waals surface area contributed by atoms with Crippen molar-refractivity contribution in [2.24, 2.45) is 0 Å². The van der Waals surface area contributed by atoms with E-state index in [4.69, 9.17) is 21.1 Å². The lowest BCUT2D eigenvalue weighted by molar-refractivity contribution is -0.120. The van der Waals surface area contributed by atoms with Gasteiger partial charge in [-0.3, -0.25) is 4.79 Å². The summed E-state index contributed by atoms with van der Waals surface area (Å²) in [6.07, 6.45) is 3.89. The number of nitrogens with zero attached hydrogens (tertiary/aromatic N) is 1. The molecule has 118 valence electrons. The molecule has 1 N–H and O–H groups in total. The van der Waals surface area contributed by atoms with Gasteiger partial charge in [-0.15, -0.1) is 11.6 Å². The molecule has 2 rings (SSSR count). The summed E-state index contributed by atoms with van der Waals surface area (Å²) in [7, 11) is 3.10. The number of alkyl halides is 1. The molecule has 0 fully saturated rings. The second-order valence-corrected chi connectivity index (χ2v) is 5.13. The zero-order chi connectivity index (χ0) is 15.9. The molecule has 0 aliphatic heterocycles. The molecule has 0 spiro atoms. The average Bonchev–Trinajstić information content (AvgIpc) is 3.06. The molecule has 0 radical (unpaired) electrons. The highest BCUT2D eigenvalue weighted by Gasteiger charge is 2.19. The Bertz CT molecular complexity index is 614. The molecule has 1 aromatic carbocycles. The van der Waals surface area contributed by atoms with E-state index in [0.29, 0.717) is 30.2 Å². The first-order valence-electron chi connectivity index (χ1n) is 6.90. The van der Waals surface area contributed by atoms with Gasteiger partial charge in [0, 0.05) is 25.5 Å². The van der Waals surface area contributed by atoms with Gasteiger partial charge in [0.2, 0.25) is 5.91 Å². The number of amides is 1. The Morgan fingerprint density at radius 2 is 1.91 bits per heavy atom. The van der Waals surface area contributed by atoms with Gasteiger partial charge in [-0.2, -0.15) is 0 Å². The molecule has 0 bridgehead atoms. The van der Waals surface area contributed by atoms with Gasteiger partial charge in [0.25, 0.3) is 0 Å². The van der Waals surface area contributed by atoms with E-state index in [-0.39, 0.29) is 5.91 Å². The second kappa shape index (κ2) is 7.75. The first-order valence-corrected chi connectivity index (χ1v) is 7.34. The highest BCUT2D eigenvalue weighted by atomic mass is 35.5. The fourth-order valence-electron chi connectivity index (χ4n) is 2.08. The van der Waals surface area contributed by atoms with Crippen LogP contribution in [0.5, 0.6) is 11.5 Å². The number of hydrogen-bond donors (Lipinski definition) is 1. The lowest BCUT2D eigenvalue weighted by Crippen LogP contribution is -2.29. The van der Waals surface area contributed by atoms with E-state index < -0.39 is 5.38 Å². The summed E-state index contributed by atoms with van der Waals surface area (Å²) in [5, 5.41) is 2.05. The van der Waals surface area contributed by atoms with Crippen molar-refractivity contribution >= 4 is 17.5 Å². The van der Waals surface area contributed by atoms with Crippen molar-refractivity contribution in [2.45, 2.75) is 11.9 Å². The van der Waals surface area contributed by atoms with Crippen LogP contribution in [-0.4, -0.2) is 31.2 Å². The Kier molecular flexibility index (Phi) is 5.72. The first kappa shape index (κ1) is 16.2. The summed E-state index contributed by atoms with van der Waals surface area (Å²) >= 11 is 6.23. The van der Waals surface area contributed by atoms with Crippen LogP contribution in [0, 0.1) is 0 Å². The molecule has 1 amide bonds. The predicted molar refractivity (Wildman–Crippen MR) is 85.6 cm³/mol. The Balaban J connectivity index is 1.94. The maximum Gasteiger partial charge on any atom is 0.242 e. The summed E-state index contributed by atoms with van der Waals surface area (Å²) < 4.78 is 12.4. The number of ether oxygens (including phenoxy) is 2.